The van der Waals surface area contributed by atoms with E-state index in [2.05, 4.69) is 10.6 Å². The highest BCUT2D eigenvalue weighted by atomic mass is 35.5. The highest BCUT2D eigenvalue weighted by Crippen LogP contribution is 2.28. The number of rotatable bonds is 6. The number of amides is 1. The van der Waals surface area contributed by atoms with E-state index in [4.69, 9.17) is 11.6 Å². The second-order valence-electron chi connectivity index (χ2n) is 7.32. The summed E-state index contributed by atoms with van der Waals surface area (Å²) in [5, 5.41) is 6.34. The normalized spacial score (nSPS) is 25.2. The predicted molar refractivity (Wildman–Crippen MR) is 95.2 cm³/mol. The van der Waals surface area contributed by atoms with E-state index in [1.165, 1.54) is 24.6 Å². The lowest BCUT2D eigenvalue weighted by Gasteiger charge is -2.37. The quantitative estimate of drug-likeness (QED) is 0.786. The summed E-state index contributed by atoms with van der Waals surface area (Å²) in [5.74, 6) is -0.646. The Morgan fingerprint density at radius 1 is 1.16 bits per heavy atom. The van der Waals surface area contributed by atoms with Gasteiger partial charge in [-0.25, -0.2) is 8.78 Å². The van der Waals surface area contributed by atoms with Gasteiger partial charge in [-0.1, -0.05) is 30.9 Å². The maximum atomic E-state index is 14.2. The Morgan fingerprint density at radius 2 is 1.88 bits per heavy atom. The molecule has 0 radical (unpaired) electrons. The van der Waals surface area contributed by atoms with Crippen molar-refractivity contribution in [1.82, 2.24) is 10.6 Å². The number of carbonyl (C=O) groups excluding carboxylic acids is 1. The van der Waals surface area contributed by atoms with Gasteiger partial charge in [-0.05, 0) is 49.8 Å². The molecule has 2 aliphatic rings. The van der Waals surface area contributed by atoms with E-state index in [1.807, 2.05) is 0 Å². The average molecular weight is 371 g/mol. The minimum atomic E-state index is -0.775. The first-order chi connectivity index (χ1) is 12.0. The van der Waals surface area contributed by atoms with Gasteiger partial charge in [-0.15, -0.1) is 0 Å². The van der Waals surface area contributed by atoms with E-state index in [-0.39, 0.29) is 34.5 Å². The van der Waals surface area contributed by atoms with Crippen LogP contribution in [0.5, 0.6) is 0 Å². The summed E-state index contributed by atoms with van der Waals surface area (Å²) in [6.45, 7) is 0.398. The molecule has 1 atom stereocenters. The van der Waals surface area contributed by atoms with Crippen LogP contribution in [0.25, 0.3) is 0 Å². The Labute approximate surface area is 152 Å². The molecule has 1 unspecified atom stereocenters. The topological polar surface area (TPSA) is 41.1 Å². The Hall–Kier alpha value is -1.20. The monoisotopic (exact) mass is 370 g/mol. The van der Waals surface area contributed by atoms with E-state index in [1.54, 1.807) is 0 Å². The number of hydrogen-bond acceptors (Lipinski definition) is 2. The lowest BCUT2D eigenvalue weighted by Crippen LogP contribution is -2.53. The molecule has 1 aromatic rings. The minimum absolute atomic E-state index is 0.0415. The van der Waals surface area contributed by atoms with Gasteiger partial charge >= 0.3 is 0 Å². The molecule has 6 heteroatoms. The van der Waals surface area contributed by atoms with Crippen LogP contribution in [0, 0.1) is 11.7 Å². The fraction of sp³-hybridized carbons (Fsp3) is 0.632. The molecule has 1 amide bonds. The lowest BCUT2D eigenvalue weighted by atomic mass is 9.84. The van der Waals surface area contributed by atoms with Gasteiger partial charge in [0.15, 0.2) is 0 Å². The van der Waals surface area contributed by atoms with Gasteiger partial charge in [0.1, 0.15) is 12.0 Å². The zero-order valence-electron chi connectivity index (χ0n) is 14.2. The maximum Gasteiger partial charge on any atom is 0.251 e. The Balaban J connectivity index is 1.37. The van der Waals surface area contributed by atoms with Crippen molar-refractivity contribution in [2.45, 2.75) is 63.2 Å². The average Bonchev–Trinajstić information content (AvgIpc) is 2.56. The summed E-state index contributed by atoms with van der Waals surface area (Å²) in [7, 11) is 0. The van der Waals surface area contributed by atoms with E-state index < -0.39 is 12.0 Å². The molecule has 3 rings (SSSR count). The molecule has 2 saturated carbocycles. The number of benzene rings is 1. The third kappa shape index (κ3) is 5.14. The zero-order chi connectivity index (χ0) is 17.8. The number of halogens is 3. The second-order valence-corrected chi connectivity index (χ2v) is 7.76. The van der Waals surface area contributed by atoms with E-state index in [9.17, 15) is 13.6 Å². The van der Waals surface area contributed by atoms with E-state index >= 15 is 0 Å². The molecule has 0 heterocycles. The summed E-state index contributed by atoms with van der Waals surface area (Å²) in [5.41, 5.74) is 0.225. The van der Waals surface area contributed by atoms with Gasteiger partial charge in [0.2, 0.25) is 0 Å². The van der Waals surface area contributed by atoms with Crippen molar-refractivity contribution in [3.63, 3.8) is 0 Å². The molecular formula is C19H25ClF2N2O. The number of carbonyl (C=O) groups is 1. The Morgan fingerprint density at radius 3 is 2.56 bits per heavy atom. The van der Waals surface area contributed by atoms with Crippen LogP contribution in [0.3, 0.4) is 0 Å². The van der Waals surface area contributed by atoms with Crippen LogP contribution in [0.4, 0.5) is 8.78 Å². The summed E-state index contributed by atoms with van der Waals surface area (Å²) in [6.07, 6.45) is 6.29. The van der Waals surface area contributed by atoms with Crippen LogP contribution in [-0.2, 0) is 0 Å². The van der Waals surface area contributed by atoms with Crippen molar-refractivity contribution in [3.05, 3.63) is 34.6 Å². The molecule has 0 spiro atoms. The molecule has 2 N–H and O–H groups in total. The van der Waals surface area contributed by atoms with Crippen LogP contribution < -0.4 is 10.6 Å². The molecule has 3 nitrogen and oxygen atoms in total. The fourth-order valence-electron chi connectivity index (χ4n) is 3.80. The highest BCUT2D eigenvalue weighted by molar-refractivity contribution is 6.31. The van der Waals surface area contributed by atoms with Crippen molar-refractivity contribution < 1.29 is 13.6 Å². The third-order valence-electron chi connectivity index (χ3n) is 5.36. The predicted octanol–water partition coefficient (Wildman–Crippen LogP) is 4.25. The van der Waals surface area contributed by atoms with Crippen molar-refractivity contribution in [2.24, 2.45) is 5.92 Å². The van der Waals surface area contributed by atoms with Gasteiger partial charge in [0.05, 0.1) is 0 Å². The maximum absolute atomic E-state index is 14.2. The Bertz CT molecular complexity index is 581. The molecule has 0 bridgehead atoms. The molecule has 2 fully saturated rings. The number of nitrogens with one attached hydrogen (secondary N) is 2. The largest absolute Gasteiger partial charge is 0.349 e. The summed E-state index contributed by atoms with van der Waals surface area (Å²) < 4.78 is 27.5. The standard InChI is InChI=1S/C19H25ClF2N2O/c20-14-6-13(7-15(21)8-14)19(25)24-17-9-16(10-17)23-11-18(22)12-4-2-1-3-5-12/h6-8,12,16-18,23H,1-5,9-11H2,(H,24,25). The first kappa shape index (κ1) is 18.6. The van der Waals surface area contributed by atoms with Gasteiger partial charge in [0, 0.05) is 29.2 Å². The molecule has 25 heavy (non-hydrogen) atoms. The van der Waals surface area contributed by atoms with Crippen LogP contribution in [-0.4, -0.2) is 30.7 Å². The van der Waals surface area contributed by atoms with Crippen LogP contribution in [0.15, 0.2) is 18.2 Å². The summed E-state index contributed by atoms with van der Waals surface area (Å²) in [6, 6.07) is 4.07. The van der Waals surface area contributed by atoms with Crippen molar-refractivity contribution >= 4 is 17.5 Å². The van der Waals surface area contributed by atoms with E-state index in [0.717, 1.165) is 38.5 Å². The summed E-state index contributed by atoms with van der Waals surface area (Å²) in [4.78, 5) is 12.1. The van der Waals surface area contributed by atoms with Crippen molar-refractivity contribution in [3.8, 4) is 0 Å². The van der Waals surface area contributed by atoms with Crippen LogP contribution in [0.2, 0.25) is 5.02 Å². The molecular weight excluding hydrogens is 346 g/mol. The first-order valence-electron chi connectivity index (χ1n) is 9.15. The molecule has 0 aromatic heterocycles. The van der Waals surface area contributed by atoms with Gasteiger partial charge < -0.3 is 10.6 Å². The van der Waals surface area contributed by atoms with Crippen molar-refractivity contribution in [1.29, 1.82) is 0 Å². The molecule has 0 saturated heterocycles. The zero-order valence-corrected chi connectivity index (χ0v) is 15.0. The minimum Gasteiger partial charge on any atom is -0.349 e. The lowest BCUT2D eigenvalue weighted by molar-refractivity contribution is 0.0895. The smallest absolute Gasteiger partial charge is 0.251 e. The van der Waals surface area contributed by atoms with E-state index in [0.29, 0.717) is 6.54 Å². The van der Waals surface area contributed by atoms with Gasteiger partial charge in [0.25, 0.3) is 5.91 Å². The van der Waals surface area contributed by atoms with Crippen LogP contribution in [0.1, 0.15) is 55.3 Å². The number of alkyl halides is 1. The second kappa shape index (κ2) is 8.45. The number of hydrogen-bond donors (Lipinski definition) is 2. The highest BCUT2D eigenvalue weighted by Gasteiger charge is 2.32. The first-order valence-corrected chi connectivity index (χ1v) is 9.53. The van der Waals surface area contributed by atoms with Gasteiger partial charge in [-0.3, -0.25) is 4.79 Å². The fourth-order valence-corrected chi connectivity index (χ4v) is 4.02. The van der Waals surface area contributed by atoms with Crippen molar-refractivity contribution in [2.75, 3.05) is 6.54 Å². The molecule has 2 aliphatic carbocycles. The molecule has 138 valence electrons. The Kier molecular flexibility index (Phi) is 6.29. The SMILES string of the molecule is O=C(NC1CC(NCC(F)C2CCCCC2)C1)c1cc(F)cc(Cl)c1. The summed E-state index contributed by atoms with van der Waals surface area (Å²) >= 11 is 5.77. The molecule has 1 aromatic carbocycles. The van der Waals surface area contributed by atoms with Gasteiger partial charge in [-0.2, -0.15) is 0 Å². The molecule has 0 aliphatic heterocycles. The van der Waals surface area contributed by atoms with Crippen LogP contribution >= 0.6 is 11.6 Å². The third-order valence-corrected chi connectivity index (χ3v) is 5.58.